The number of ether oxygens (including phenoxy) is 1. The number of carbonyl (C=O) groups excluding carboxylic acids is 1. The lowest BCUT2D eigenvalue weighted by molar-refractivity contribution is -0.166. The third-order valence-electron chi connectivity index (χ3n) is 2.96. The molecule has 0 amide bonds. The minimum atomic E-state index is -1.53. The Balaban J connectivity index is 3.02. The molecule has 0 saturated heterocycles. The second-order valence-corrected chi connectivity index (χ2v) is 3.98. The number of hydrogen-bond acceptors (Lipinski definition) is 3. The van der Waals surface area contributed by atoms with E-state index in [1.54, 1.807) is 26.0 Å². The number of aliphatic hydroxyl groups is 1. The molecule has 0 saturated carbocycles. The summed E-state index contributed by atoms with van der Waals surface area (Å²) in [5.74, 6) is -0.577. The number of benzene rings is 1. The van der Waals surface area contributed by atoms with Gasteiger partial charge in [-0.3, -0.25) is 0 Å². The largest absolute Gasteiger partial charge is 0.464 e. The average molecular weight is 236 g/mol. The Morgan fingerprint density at radius 1 is 1.24 bits per heavy atom. The van der Waals surface area contributed by atoms with Gasteiger partial charge in [-0.1, -0.05) is 38.1 Å². The molecule has 1 unspecified atom stereocenters. The molecule has 0 aliphatic rings. The summed E-state index contributed by atoms with van der Waals surface area (Å²) in [5.41, 5.74) is 0.245. The Labute approximate surface area is 102 Å². The van der Waals surface area contributed by atoms with E-state index in [2.05, 4.69) is 6.92 Å². The molecule has 1 atom stereocenters. The summed E-state index contributed by atoms with van der Waals surface area (Å²) in [5, 5.41) is 10.4. The summed E-state index contributed by atoms with van der Waals surface area (Å²) in [6, 6.07) is 7.43. The van der Waals surface area contributed by atoms with E-state index in [1.807, 2.05) is 12.1 Å². The highest BCUT2D eigenvalue weighted by molar-refractivity contribution is 5.81. The minimum absolute atomic E-state index is 0.272. The Morgan fingerprint density at radius 2 is 1.82 bits per heavy atom. The summed E-state index contributed by atoms with van der Waals surface area (Å²) in [7, 11) is 0. The van der Waals surface area contributed by atoms with Gasteiger partial charge in [0.1, 0.15) is 0 Å². The fraction of sp³-hybridized carbons (Fsp3) is 0.500. The van der Waals surface area contributed by atoms with E-state index in [0.717, 1.165) is 6.42 Å². The third-order valence-corrected chi connectivity index (χ3v) is 2.96. The van der Waals surface area contributed by atoms with Crippen LogP contribution in [-0.2, 0) is 21.6 Å². The second kappa shape index (κ2) is 5.82. The van der Waals surface area contributed by atoms with E-state index in [0.29, 0.717) is 12.0 Å². The fourth-order valence-corrected chi connectivity index (χ4v) is 1.73. The molecular weight excluding hydrogens is 216 g/mol. The molecule has 0 aromatic heterocycles. The maximum Gasteiger partial charge on any atom is 0.342 e. The molecule has 0 aliphatic carbocycles. The molecule has 0 spiro atoms. The molecule has 94 valence electrons. The number of rotatable bonds is 5. The van der Waals surface area contributed by atoms with E-state index in [4.69, 9.17) is 4.74 Å². The number of aryl methyl sites for hydroxylation is 1. The molecule has 1 aromatic carbocycles. The molecule has 1 N–H and O–H groups in total. The minimum Gasteiger partial charge on any atom is -0.464 e. The van der Waals surface area contributed by atoms with Crippen molar-refractivity contribution in [3.63, 3.8) is 0 Å². The Morgan fingerprint density at radius 3 is 2.24 bits per heavy atom. The van der Waals surface area contributed by atoms with Crippen molar-refractivity contribution in [3.05, 3.63) is 35.4 Å². The first-order valence-corrected chi connectivity index (χ1v) is 6.07. The van der Waals surface area contributed by atoms with Gasteiger partial charge >= 0.3 is 5.97 Å². The summed E-state index contributed by atoms with van der Waals surface area (Å²) in [6.07, 6.45) is 1.24. The molecule has 3 heteroatoms. The Bertz CT molecular complexity index is 370. The summed E-state index contributed by atoms with van der Waals surface area (Å²) < 4.78 is 4.92. The van der Waals surface area contributed by atoms with Crippen LogP contribution in [0.15, 0.2) is 24.3 Å². The van der Waals surface area contributed by atoms with E-state index in [1.165, 1.54) is 5.56 Å². The van der Waals surface area contributed by atoms with E-state index >= 15 is 0 Å². The summed E-state index contributed by atoms with van der Waals surface area (Å²) >= 11 is 0. The maximum atomic E-state index is 11.8. The predicted molar refractivity (Wildman–Crippen MR) is 66.6 cm³/mol. The van der Waals surface area contributed by atoms with Gasteiger partial charge in [-0.05, 0) is 30.9 Å². The highest BCUT2D eigenvalue weighted by Gasteiger charge is 2.37. The van der Waals surface area contributed by atoms with Gasteiger partial charge in [-0.2, -0.15) is 0 Å². The third kappa shape index (κ3) is 2.86. The lowest BCUT2D eigenvalue weighted by Gasteiger charge is -2.24. The lowest BCUT2D eigenvalue weighted by atomic mass is 9.90. The molecule has 0 heterocycles. The van der Waals surface area contributed by atoms with Gasteiger partial charge in [0.05, 0.1) is 6.61 Å². The Kier molecular flexibility index (Phi) is 4.70. The van der Waals surface area contributed by atoms with Crippen LogP contribution in [0.1, 0.15) is 38.3 Å². The van der Waals surface area contributed by atoms with Crippen LogP contribution in [0.5, 0.6) is 0 Å². The van der Waals surface area contributed by atoms with Crippen LogP contribution in [0.25, 0.3) is 0 Å². The quantitative estimate of drug-likeness (QED) is 0.799. The molecule has 1 aromatic rings. The van der Waals surface area contributed by atoms with Gasteiger partial charge in [0, 0.05) is 0 Å². The highest BCUT2D eigenvalue weighted by Crippen LogP contribution is 2.26. The van der Waals surface area contributed by atoms with Gasteiger partial charge in [-0.15, -0.1) is 0 Å². The lowest BCUT2D eigenvalue weighted by Crippen LogP contribution is -2.36. The van der Waals surface area contributed by atoms with Gasteiger partial charge in [0.2, 0.25) is 0 Å². The monoisotopic (exact) mass is 236 g/mol. The zero-order chi connectivity index (χ0) is 12.9. The van der Waals surface area contributed by atoms with Crippen LogP contribution >= 0.6 is 0 Å². The van der Waals surface area contributed by atoms with E-state index < -0.39 is 11.6 Å². The molecule has 0 radical (unpaired) electrons. The molecular formula is C14H20O3. The highest BCUT2D eigenvalue weighted by atomic mass is 16.5. The Hall–Kier alpha value is -1.35. The standard InChI is InChI=1S/C14H20O3/c1-4-11-7-9-12(10-8-11)14(16,5-2)13(15)17-6-3/h7-10,16H,4-6H2,1-3H3. The van der Waals surface area contributed by atoms with Crippen LogP contribution in [-0.4, -0.2) is 17.7 Å². The first kappa shape index (κ1) is 13.7. The van der Waals surface area contributed by atoms with Crippen molar-refractivity contribution in [1.82, 2.24) is 0 Å². The average Bonchev–Trinajstić information content (AvgIpc) is 2.38. The molecule has 1 rings (SSSR count). The number of carbonyl (C=O) groups is 1. The van der Waals surface area contributed by atoms with Crippen LogP contribution < -0.4 is 0 Å². The molecule has 17 heavy (non-hydrogen) atoms. The SMILES string of the molecule is CCOC(=O)C(O)(CC)c1ccc(CC)cc1. The van der Waals surface area contributed by atoms with Crippen molar-refractivity contribution in [3.8, 4) is 0 Å². The molecule has 0 fully saturated rings. The summed E-state index contributed by atoms with van der Waals surface area (Å²) in [4.78, 5) is 11.8. The van der Waals surface area contributed by atoms with Crippen molar-refractivity contribution >= 4 is 5.97 Å². The van der Waals surface area contributed by atoms with Crippen LogP contribution in [0, 0.1) is 0 Å². The first-order chi connectivity index (χ1) is 8.08. The van der Waals surface area contributed by atoms with Crippen LogP contribution in [0.3, 0.4) is 0 Å². The molecule has 0 bridgehead atoms. The van der Waals surface area contributed by atoms with Crippen molar-refractivity contribution in [2.45, 2.75) is 39.2 Å². The van der Waals surface area contributed by atoms with Gasteiger partial charge in [0.25, 0.3) is 0 Å². The van der Waals surface area contributed by atoms with Crippen LogP contribution in [0.2, 0.25) is 0 Å². The van der Waals surface area contributed by atoms with Crippen LogP contribution in [0.4, 0.5) is 0 Å². The number of hydrogen-bond donors (Lipinski definition) is 1. The van der Waals surface area contributed by atoms with Crippen molar-refractivity contribution in [2.75, 3.05) is 6.61 Å². The fourth-order valence-electron chi connectivity index (χ4n) is 1.73. The smallest absolute Gasteiger partial charge is 0.342 e. The maximum absolute atomic E-state index is 11.8. The zero-order valence-electron chi connectivity index (χ0n) is 10.7. The van der Waals surface area contributed by atoms with Crippen molar-refractivity contribution in [1.29, 1.82) is 0 Å². The van der Waals surface area contributed by atoms with Gasteiger partial charge < -0.3 is 9.84 Å². The zero-order valence-corrected chi connectivity index (χ0v) is 10.7. The first-order valence-electron chi connectivity index (χ1n) is 6.07. The summed E-state index contributed by atoms with van der Waals surface area (Å²) in [6.45, 7) is 5.83. The topological polar surface area (TPSA) is 46.5 Å². The van der Waals surface area contributed by atoms with Gasteiger partial charge in [0.15, 0.2) is 5.60 Å². The molecule has 0 aliphatic heterocycles. The van der Waals surface area contributed by atoms with Crippen molar-refractivity contribution < 1.29 is 14.6 Å². The predicted octanol–water partition coefficient (Wildman–Crippen LogP) is 2.41. The number of esters is 1. The van der Waals surface area contributed by atoms with E-state index in [-0.39, 0.29) is 6.61 Å². The van der Waals surface area contributed by atoms with E-state index in [9.17, 15) is 9.90 Å². The second-order valence-electron chi connectivity index (χ2n) is 3.98. The normalized spacial score (nSPS) is 14.1. The van der Waals surface area contributed by atoms with Crippen molar-refractivity contribution in [2.24, 2.45) is 0 Å². The van der Waals surface area contributed by atoms with Gasteiger partial charge in [-0.25, -0.2) is 4.79 Å². The molecule has 3 nitrogen and oxygen atoms in total.